The fourth-order valence-corrected chi connectivity index (χ4v) is 0.189. The number of carbonyl (C=O) groups excluding carboxylic acids is 2. The van der Waals surface area contributed by atoms with E-state index in [2.05, 4.69) is 9.47 Å². The van der Waals surface area contributed by atoms with E-state index in [0.717, 1.165) is 0 Å². The van der Waals surface area contributed by atoms with Crippen molar-refractivity contribution in [3.05, 3.63) is 0 Å². The van der Waals surface area contributed by atoms with Gasteiger partial charge in [0.25, 0.3) is 12.3 Å². The van der Waals surface area contributed by atoms with Crippen LogP contribution in [0.15, 0.2) is 0 Å². The van der Waals surface area contributed by atoms with Gasteiger partial charge in [-0.15, -0.1) is 26.3 Å². The van der Waals surface area contributed by atoms with Crippen LogP contribution in [0, 0.1) is 0 Å². The molecule has 0 aromatic heterocycles. The van der Waals surface area contributed by atoms with E-state index in [9.17, 15) is 26.3 Å². The molecule has 0 aromatic rings. The summed E-state index contributed by atoms with van der Waals surface area (Å²) in [6.07, 6.45) is -15.5. The molecule has 0 saturated heterocycles. The number of rotatable bonds is 0. The zero-order valence-electron chi connectivity index (χ0n) is 7.42. The molecule has 6 nitrogen and oxygen atoms in total. The van der Waals surface area contributed by atoms with Crippen LogP contribution < -0.4 is 10.2 Å². The van der Waals surface area contributed by atoms with E-state index in [1.54, 1.807) is 0 Å². The summed E-state index contributed by atoms with van der Waals surface area (Å²) in [6, 6.07) is 0. The summed E-state index contributed by atoms with van der Waals surface area (Å²) in [5.41, 5.74) is 0. The zero-order chi connectivity index (χ0) is 13.6. The van der Waals surface area contributed by atoms with E-state index in [-0.39, 0.29) is 19.5 Å². The largest absolute Gasteiger partial charge is 2.00 e. The number of carbonyl (C=O) groups is 2. The van der Waals surface area contributed by atoms with Crippen molar-refractivity contribution in [1.29, 1.82) is 0 Å². The van der Waals surface area contributed by atoms with E-state index in [4.69, 9.17) is 19.8 Å². The maximum Gasteiger partial charge on any atom is 2.00 e. The molecule has 0 aromatic carbocycles. The Hall–Kier alpha value is -1.26. The first-order chi connectivity index (χ1) is 6.83. The monoisotopic (exact) mass is 322 g/mol. The summed E-state index contributed by atoms with van der Waals surface area (Å²) < 4.78 is 68.5. The third-order valence-electron chi connectivity index (χ3n) is 0.398. The standard InChI is InChI=1S/2C2HF3O3.Zn/c2*3-2(4,5)8-1(6)7;/h2*(H,6,7);/q;;+2/p-2. The molecule has 0 aliphatic heterocycles. The van der Waals surface area contributed by atoms with Crippen LogP contribution in [-0.4, -0.2) is 25.0 Å². The molecule has 13 heteroatoms. The molecule has 0 bridgehead atoms. The molecule has 96 valence electrons. The number of carboxylic acid groups (broad SMARTS) is 2. The van der Waals surface area contributed by atoms with Crippen molar-refractivity contribution in [3.8, 4) is 0 Å². The second-order valence-electron chi connectivity index (χ2n) is 1.60. The minimum Gasteiger partial charge on any atom is -0.463 e. The average molecular weight is 323 g/mol. The summed E-state index contributed by atoms with van der Waals surface area (Å²) in [5, 5.41) is 17.9. The predicted molar refractivity (Wildman–Crippen MR) is 25.1 cm³/mol. The van der Waals surface area contributed by atoms with Crippen molar-refractivity contribution in [2.45, 2.75) is 12.7 Å². The molecule has 0 radical (unpaired) electrons. The first kappa shape index (κ1) is 21.1. The van der Waals surface area contributed by atoms with Gasteiger partial charge in [-0.1, -0.05) is 0 Å². The maximum atomic E-state index is 10.7. The maximum absolute atomic E-state index is 10.7. The molecule has 0 unspecified atom stereocenters. The van der Waals surface area contributed by atoms with Gasteiger partial charge < -0.3 is 29.3 Å². The van der Waals surface area contributed by atoms with Crippen molar-refractivity contribution >= 4 is 12.3 Å². The number of halogens is 6. The smallest absolute Gasteiger partial charge is 0.463 e. The van der Waals surface area contributed by atoms with Gasteiger partial charge in [0.15, 0.2) is 0 Å². The molecule has 0 saturated carbocycles. The van der Waals surface area contributed by atoms with Gasteiger partial charge in [-0.2, -0.15) is 0 Å². The molecule has 0 spiro atoms. The van der Waals surface area contributed by atoms with Crippen LogP contribution in [0.2, 0.25) is 0 Å². The molecular weight excluding hydrogens is 323 g/mol. The first-order valence-electron chi connectivity index (χ1n) is 2.77. The SMILES string of the molecule is O=C([O-])OC(F)(F)F.O=C([O-])OC(F)(F)F.[Zn+2]. The minimum absolute atomic E-state index is 0. The molecule has 0 aliphatic carbocycles. The molecule has 0 amide bonds. The third-order valence-corrected chi connectivity index (χ3v) is 0.398. The Morgan fingerprint density at radius 1 is 0.765 bits per heavy atom. The summed E-state index contributed by atoms with van der Waals surface area (Å²) in [7, 11) is 0. The van der Waals surface area contributed by atoms with Crippen LogP contribution in [0.5, 0.6) is 0 Å². The van der Waals surface area contributed by atoms with Crippen LogP contribution in [0.3, 0.4) is 0 Å². The van der Waals surface area contributed by atoms with Crippen molar-refractivity contribution in [2.24, 2.45) is 0 Å². The summed E-state index contributed by atoms with van der Waals surface area (Å²) in [5.74, 6) is 0. The summed E-state index contributed by atoms with van der Waals surface area (Å²) in [4.78, 5) is 17.9. The third kappa shape index (κ3) is 31.3. The Morgan fingerprint density at radius 2 is 0.941 bits per heavy atom. The Morgan fingerprint density at radius 3 is 0.941 bits per heavy atom. The zero-order valence-corrected chi connectivity index (χ0v) is 10.4. The number of hydrogen-bond donors (Lipinski definition) is 0. The normalized spacial score (nSPS) is 10.2. The molecule has 0 fully saturated rings. The average Bonchev–Trinajstić information content (AvgIpc) is 1.72. The van der Waals surface area contributed by atoms with Crippen LogP contribution in [0.25, 0.3) is 0 Å². The van der Waals surface area contributed by atoms with Gasteiger partial charge in [0.05, 0.1) is 0 Å². The minimum atomic E-state index is -5.14. The van der Waals surface area contributed by atoms with Crippen molar-refractivity contribution in [2.75, 3.05) is 0 Å². The van der Waals surface area contributed by atoms with Gasteiger partial charge in [0.2, 0.25) is 0 Å². The fraction of sp³-hybridized carbons (Fsp3) is 0.500. The van der Waals surface area contributed by atoms with Crippen molar-refractivity contribution in [3.63, 3.8) is 0 Å². The summed E-state index contributed by atoms with van der Waals surface area (Å²) >= 11 is 0. The molecule has 0 N–H and O–H groups in total. The number of ether oxygens (including phenoxy) is 2. The topological polar surface area (TPSA) is 98.7 Å². The molecule has 0 atom stereocenters. The second-order valence-corrected chi connectivity index (χ2v) is 1.60. The quantitative estimate of drug-likeness (QED) is 0.346. The molecule has 0 aliphatic rings. The molecule has 17 heavy (non-hydrogen) atoms. The Kier molecular flexibility index (Phi) is 9.83. The molecule has 0 heterocycles. The van der Waals surface area contributed by atoms with Gasteiger partial charge in [-0.05, 0) is 0 Å². The van der Waals surface area contributed by atoms with Gasteiger partial charge >= 0.3 is 32.2 Å². The Bertz CT molecular complexity index is 222. The Labute approximate surface area is 101 Å². The van der Waals surface area contributed by atoms with Crippen molar-refractivity contribution < 1.29 is 75.1 Å². The van der Waals surface area contributed by atoms with E-state index >= 15 is 0 Å². The second kappa shape index (κ2) is 7.93. The van der Waals surface area contributed by atoms with Gasteiger partial charge in [-0.25, -0.2) is 0 Å². The van der Waals surface area contributed by atoms with E-state index < -0.39 is 25.0 Å². The number of alkyl halides is 6. The van der Waals surface area contributed by atoms with Gasteiger partial charge in [0, 0.05) is 0 Å². The van der Waals surface area contributed by atoms with Crippen LogP contribution in [0.4, 0.5) is 35.9 Å². The first-order valence-corrected chi connectivity index (χ1v) is 2.77. The van der Waals surface area contributed by atoms with Crippen LogP contribution in [0.1, 0.15) is 0 Å². The van der Waals surface area contributed by atoms with E-state index in [1.165, 1.54) is 0 Å². The van der Waals surface area contributed by atoms with E-state index in [0.29, 0.717) is 0 Å². The Balaban J connectivity index is -0.000000218. The predicted octanol–water partition coefficient (Wildman–Crippen LogP) is -0.270. The van der Waals surface area contributed by atoms with Crippen LogP contribution >= 0.6 is 0 Å². The van der Waals surface area contributed by atoms with E-state index in [1.807, 2.05) is 0 Å². The number of hydrogen-bond acceptors (Lipinski definition) is 6. The van der Waals surface area contributed by atoms with Crippen molar-refractivity contribution in [1.82, 2.24) is 0 Å². The fourth-order valence-electron chi connectivity index (χ4n) is 0.189. The molecule has 0 rings (SSSR count). The van der Waals surface area contributed by atoms with Gasteiger partial charge in [0.1, 0.15) is 0 Å². The van der Waals surface area contributed by atoms with Gasteiger partial charge in [-0.3, -0.25) is 0 Å². The van der Waals surface area contributed by atoms with Crippen LogP contribution in [-0.2, 0) is 29.0 Å². The summed E-state index contributed by atoms with van der Waals surface area (Å²) in [6.45, 7) is 0. The molecular formula is C4F6O6Zn.